The SMILES string of the molecule is CC(C)[S+]([O-])/N=C(/c1ccc(N2CCOCC2)cc1)c1cccc(Br)n1. The monoisotopic (exact) mass is 435 g/mol. The molecule has 1 aliphatic rings. The lowest BCUT2D eigenvalue weighted by Gasteiger charge is -2.28. The van der Waals surface area contributed by atoms with E-state index in [1.807, 2.05) is 44.2 Å². The minimum absolute atomic E-state index is 0.0511. The molecule has 0 radical (unpaired) electrons. The van der Waals surface area contributed by atoms with Gasteiger partial charge in [-0.3, -0.25) is 0 Å². The van der Waals surface area contributed by atoms with Gasteiger partial charge in [-0.1, -0.05) is 22.6 Å². The van der Waals surface area contributed by atoms with Gasteiger partial charge in [0.2, 0.25) is 0 Å². The van der Waals surface area contributed by atoms with Gasteiger partial charge in [-0.25, -0.2) is 4.98 Å². The summed E-state index contributed by atoms with van der Waals surface area (Å²) in [5.74, 6) is 0. The summed E-state index contributed by atoms with van der Waals surface area (Å²) in [6.07, 6.45) is 0. The molecule has 0 amide bonds. The standard InChI is InChI=1S/C19H22BrN3O2S/c1-14(2)26(24)22-19(17-4-3-5-18(20)21-17)15-6-8-16(9-7-15)23-10-12-25-13-11-23/h3-9,14H,10-13H2,1-2H3/b22-19-. The number of rotatable bonds is 5. The first-order valence-corrected chi connectivity index (χ1v) is 10.6. The van der Waals surface area contributed by atoms with Crippen molar-refractivity contribution >= 4 is 38.7 Å². The predicted octanol–water partition coefficient (Wildman–Crippen LogP) is 3.59. The summed E-state index contributed by atoms with van der Waals surface area (Å²) >= 11 is 2.09. The smallest absolute Gasteiger partial charge is 0.147 e. The van der Waals surface area contributed by atoms with Crippen LogP contribution in [0.15, 0.2) is 51.5 Å². The first-order valence-electron chi connectivity index (χ1n) is 8.60. The molecule has 1 atom stereocenters. The zero-order valence-electron chi connectivity index (χ0n) is 14.9. The molecule has 1 aliphatic heterocycles. The Balaban J connectivity index is 1.93. The van der Waals surface area contributed by atoms with Crippen molar-refractivity contribution in [2.24, 2.45) is 4.40 Å². The van der Waals surface area contributed by atoms with Crippen LogP contribution in [-0.2, 0) is 16.1 Å². The minimum atomic E-state index is -1.31. The summed E-state index contributed by atoms with van der Waals surface area (Å²) in [7, 11) is 0. The number of ether oxygens (including phenoxy) is 1. The summed E-state index contributed by atoms with van der Waals surface area (Å²) in [5.41, 5.74) is 3.41. The number of anilines is 1. The first-order chi connectivity index (χ1) is 12.5. The predicted molar refractivity (Wildman–Crippen MR) is 110 cm³/mol. The second-order valence-electron chi connectivity index (χ2n) is 6.26. The van der Waals surface area contributed by atoms with E-state index in [1.54, 1.807) is 0 Å². The Kier molecular flexibility index (Phi) is 6.69. The quantitative estimate of drug-likeness (QED) is 0.408. The molecule has 1 fully saturated rings. The van der Waals surface area contributed by atoms with Gasteiger partial charge < -0.3 is 14.2 Å². The van der Waals surface area contributed by atoms with Crippen LogP contribution >= 0.6 is 15.9 Å². The molecule has 138 valence electrons. The van der Waals surface area contributed by atoms with Gasteiger partial charge in [0.05, 0.1) is 30.3 Å². The third-order valence-electron chi connectivity index (χ3n) is 4.06. The molecule has 2 aromatic rings. The fraction of sp³-hybridized carbons (Fsp3) is 0.368. The van der Waals surface area contributed by atoms with Gasteiger partial charge in [0, 0.05) is 24.3 Å². The van der Waals surface area contributed by atoms with E-state index in [4.69, 9.17) is 4.74 Å². The summed E-state index contributed by atoms with van der Waals surface area (Å²) in [4.78, 5) is 6.80. The maximum atomic E-state index is 12.4. The third kappa shape index (κ3) is 4.85. The summed E-state index contributed by atoms with van der Waals surface area (Å²) in [5, 5.41) is -0.0511. The van der Waals surface area contributed by atoms with Crippen LogP contribution in [0.25, 0.3) is 0 Å². The number of aromatic nitrogens is 1. The molecule has 0 aliphatic carbocycles. The van der Waals surface area contributed by atoms with E-state index in [1.165, 1.54) is 0 Å². The Bertz CT molecular complexity index is 762. The van der Waals surface area contributed by atoms with Crippen LogP contribution in [0.4, 0.5) is 5.69 Å². The Morgan fingerprint density at radius 2 is 1.88 bits per heavy atom. The molecule has 1 aromatic heterocycles. The highest BCUT2D eigenvalue weighted by molar-refractivity contribution is 9.10. The first kappa shape index (κ1) is 19.4. The molecule has 2 heterocycles. The molecule has 0 N–H and O–H groups in total. The number of hydrogen-bond acceptors (Lipinski definition) is 5. The molecular formula is C19H22BrN3O2S. The van der Waals surface area contributed by atoms with Crippen LogP contribution in [0.1, 0.15) is 25.1 Å². The third-order valence-corrected chi connectivity index (χ3v) is 5.67. The average molecular weight is 436 g/mol. The van der Waals surface area contributed by atoms with Crippen LogP contribution in [0.3, 0.4) is 0 Å². The highest BCUT2D eigenvalue weighted by Crippen LogP contribution is 2.20. The van der Waals surface area contributed by atoms with Crippen LogP contribution in [-0.4, -0.2) is 46.8 Å². The van der Waals surface area contributed by atoms with Crippen molar-refractivity contribution in [2.75, 3.05) is 31.2 Å². The zero-order chi connectivity index (χ0) is 18.5. The molecule has 0 spiro atoms. The average Bonchev–Trinajstić information content (AvgIpc) is 2.66. The number of pyridine rings is 1. The van der Waals surface area contributed by atoms with E-state index in [0.717, 1.165) is 42.2 Å². The Hall–Kier alpha value is -1.41. The minimum Gasteiger partial charge on any atom is -0.591 e. The summed E-state index contributed by atoms with van der Waals surface area (Å²) in [6.45, 7) is 7.09. The topological polar surface area (TPSA) is 60.8 Å². The molecule has 1 aromatic carbocycles. The van der Waals surface area contributed by atoms with Crippen LogP contribution < -0.4 is 4.90 Å². The molecule has 3 rings (SSSR count). The van der Waals surface area contributed by atoms with Gasteiger partial charge in [0.25, 0.3) is 0 Å². The van der Waals surface area contributed by atoms with E-state index >= 15 is 0 Å². The Labute approximate surface area is 165 Å². The van der Waals surface area contributed by atoms with Gasteiger partial charge in [0.15, 0.2) is 0 Å². The maximum Gasteiger partial charge on any atom is 0.147 e. The van der Waals surface area contributed by atoms with Crippen molar-refractivity contribution in [3.63, 3.8) is 0 Å². The summed E-state index contributed by atoms with van der Waals surface area (Å²) < 4.78 is 23.0. The normalized spacial score (nSPS) is 16.8. The van der Waals surface area contributed by atoms with Crippen LogP contribution in [0.2, 0.25) is 0 Å². The van der Waals surface area contributed by atoms with Crippen molar-refractivity contribution in [1.29, 1.82) is 0 Å². The second kappa shape index (κ2) is 8.99. The molecule has 0 saturated carbocycles. The van der Waals surface area contributed by atoms with Crippen molar-refractivity contribution in [3.8, 4) is 0 Å². The maximum absolute atomic E-state index is 12.4. The van der Waals surface area contributed by atoms with Crippen molar-refractivity contribution in [3.05, 3.63) is 58.3 Å². The largest absolute Gasteiger partial charge is 0.591 e. The lowest BCUT2D eigenvalue weighted by molar-refractivity contribution is 0.122. The van der Waals surface area contributed by atoms with Crippen molar-refractivity contribution in [2.45, 2.75) is 19.1 Å². The number of morpholine rings is 1. The highest BCUT2D eigenvalue weighted by Gasteiger charge is 2.18. The van der Waals surface area contributed by atoms with E-state index < -0.39 is 11.4 Å². The number of halogens is 1. The van der Waals surface area contributed by atoms with Crippen molar-refractivity contribution < 1.29 is 9.29 Å². The second-order valence-corrected chi connectivity index (χ2v) is 8.75. The van der Waals surface area contributed by atoms with Crippen LogP contribution in [0, 0.1) is 0 Å². The molecule has 0 bridgehead atoms. The molecule has 1 saturated heterocycles. The number of nitrogens with zero attached hydrogens (tertiary/aromatic N) is 3. The van der Waals surface area contributed by atoms with Gasteiger partial charge in [-0.2, -0.15) is 0 Å². The Morgan fingerprint density at radius 1 is 1.19 bits per heavy atom. The molecule has 26 heavy (non-hydrogen) atoms. The fourth-order valence-corrected chi connectivity index (χ4v) is 3.57. The van der Waals surface area contributed by atoms with E-state index in [-0.39, 0.29) is 5.25 Å². The number of hydrogen-bond donors (Lipinski definition) is 0. The fourth-order valence-electron chi connectivity index (χ4n) is 2.63. The summed E-state index contributed by atoms with van der Waals surface area (Å²) in [6, 6.07) is 13.8. The number of benzene rings is 1. The van der Waals surface area contributed by atoms with Crippen LogP contribution in [0.5, 0.6) is 0 Å². The van der Waals surface area contributed by atoms with E-state index in [2.05, 4.69) is 42.3 Å². The molecule has 1 unspecified atom stereocenters. The van der Waals surface area contributed by atoms with Crippen molar-refractivity contribution in [1.82, 2.24) is 4.98 Å². The molecule has 7 heteroatoms. The van der Waals surface area contributed by atoms with E-state index in [0.29, 0.717) is 11.4 Å². The van der Waals surface area contributed by atoms with Gasteiger partial charge in [-0.15, -0.1) is 0 Å². The van der Waals surface area contributed by atoms with Gasteiger partial charge in [-0.05, 0) is 54.0 Å². The molecular weight excluding hydrogens is 414 g/mol. The highest BCUT2D eigenvalue weighted by atomic mass is 79.9. The lowest BCUT2D eigenvalue weighted by atomic mass is 10.1. The van der Waals surface area contributed by atoms with Gasteiger partial charge in [0.1, 0.15) is 15.6 Å². The molecule has 5 nitrogen and oxygen atoms in total. The Morgan fingerprint density at radius 3 is 2.50 bits per heavy atom. The lowest BCUT2D eigenvalue weighted by Crippen LogP contribution is -2.36. The zero-order valence-corrected chi connectivity index (χ0v) is 17.3. The van der Waals surface area contributed by atoms with E-state index in [9.17, 15) is 4.55 Å². The van der Waals surface area contributed by atoms with Gasteiger partial charge >= 0.3 is 0 Å².